The maximum Gasteiger partial charge on any atom is 0.408 e. The lowest BCUT2D eigenvalue weighted by Crippen LogP contribution is -2.40. The van der Waals surface area contributed by atoms with E-state index in [0.717, 1.165) is 48.2 Å². The van der Waals surface area contributed by atoms with Crippen LogP contribution in [0.4, 0.5) is 4.79 Å². The van der Waals surface area contributed by atoms with E-state index in [2.05, 4.69) is 17.3 Å². The molecule has 194 valence electrons. The van der Waals surface area contributed by atoms with Gasteiger partial charge in [0.2, 0.25) is 5.91 Å². The number of ketones is 1. The molecule has 0 bridgehead atoms. The summed E-state index contributed by atoms with van der Waals surface area (Å²) in [5.41, 5.74) is 3.17. The molecule has 0 saturated carbocycles. The topological polar surface area (TPSA) is 79.0 Å². The third kappa shape index (κ3) is 8.48. The number of rotatable bonds is 8. The van der Waals surface area contributed by atoms with E-state index in [0.29, 0.717) is 18.9 Å². The van der Waals surface area contributed by atoms with E-state index in [4.69, 9.17) is 4.74 Å². The zero-order valence-electron chi connectivity index (χ0n) is 22.2. The third-order valence-corrected chi connectivity index (χ3v) is 6.41. The van der Waals surface area contributed by atoms with Crippen LogP contribution in [0.1, 0.15) is 56.0 Å². The number of likely N-dealkylation sites (N-methyl/N-ethyl adjacent to an activating group) is 1. The molecular formula is C29H39N3O4. The van der Waals surface area contributed by atoms with Crippen LogP contribution in [0.5, 0.6) is 0 Å². The van der Waals surface area contributed by atoms with Crippen LogP contribution < -0.4 is 5.32 Å². The molecule has 7 nitrogen and oxygen atoms in total. The number of alkyl carbamates (subject to hydrolysis) is 1. The molecule has 1 aliphatic heterocycles. The lowest BCUT2D eigenvalue weighted by atomic mass is 9.89. The lowest BCUT2D eigenvalue weighted by Gasteiger charge is -2.28. The number of amides is 2. The number of benzene rings is 2. The summed E-state index contributed by atoms with van der Waals surface area (Å²) in [5.74, 6) is 0.479. The number of nitrogens with zero attached hydrogens (tertiary/aromatic N) is 2. The minimum absolute atomic E-state index is 0.127. The van der Waals surface area contributed by atoms with Crippen molar-refractivity contribution >= 4 is 17.8 Å². The SMILES string of the molecule is CN1CCC(CC(=O)c2ccc(-c3cccc(CN(C)C(=O)CNC(=O)OC(C)(C)C)c3)cc2)CC1. The van der Waals surface area contributed by atoms with E-state index >= 15 is 0 Å². The highest BCUT2D eigenvalue weighted by Gasteiger charge is 2.20. The Morgan fingerprint density at radius 3 is 2.33 bits per heavy atom. The van der Waals surface area contributed by atoms with Gasteiger partial charge in [-0.05, 0) is 82.4 Å². The zero-order chi connectivity index (χ0) is 26.3. The number of hydrogen-bond donors (Lipinski definition) is 1. The summed E-state index contributed by atoms with van der Waals surface area (Å²) in [6.45, 7) is 7.73. The standard InChI is InChI=1S/C29H39N3O4/c1-29(2,3)36-28(35)30-19-27(34)32(5)20-22-7-6-8-25(17-22)23-9-11-24(12-10-23)26(33)18-21-13-15-31(4)16-14-21/h6-12,17,21H,13-16,18-20H2,1-5H3,(H,30,35). The number of Topliss-reactive ketones (excluding diaryl/α,β-unsaturated/α-hetero) is 1. The van der Waals surface area contributed by atoms with Crippen LogP contribution in [-0.2, 0) is 16.1 Å². The van der Waals surface area contributed by atoms with Crippen LogP contribution in [0.2, 0.25) is 0 Å². The van der Waals surface area contributed by atoms with Crippen LogP contribution in [-0.4, -0.2) is 66.9 Å². The number of nitrogens with one attached hydrogen (secondary N) is 1. The van der Waals surface area contributed by atoms with Crippen LogP contribution in [0.15, 0.2) is 48.5 Å². The lowest BCUT2D eigenvalue weighted by molar-refractivity contribution is -0.129. The smallest absolute Gasteiger partial charge is 0.408 e. The van der Waals surface area contributed by atoms with E-state index in [1.807, 2.05) is 48.5 Å². The number of hydrogen-bond acceptors (Lipinski definition) is 5. The van der Waals surface area contributed by atoms with Gasteiger partial charge in [-0.15, -0.1) is 0 Å². The van der Waals surface area contributed by atoms with Crippen molar-refractivity contribution in [3.8, 4) is 11.1 Å². The molecule has 1 saturated heterocycles. The second-order valence-electron chi connectivity index (χ2n) is 10.8. The van der Waals surface area contributed by atoms with Gasteiger partial charge in [0.25, 0.3) is 0 Å². The maximum atomic E-state index is 12.8. The zero-order valence-corrected chi connectivity index (χ0v) is 22.2. The second-order valence-corrected chi connectivity index (χ2v) is 10.8. The van der Waals surface area contributed by atoms with E-state index in [1.165, 1.54) is 0 Å². The molecule has 1 heterocycles. The van der Waals surface area contributed by atoms with Crippen molar-refractivity contribution in [3.63, 3.8) is 0 Å². The quantitative estimate of drug-likeness (QED) is 0.537. The Morgan fingerprint density at radius 1 is 1.03 bits per heavy atom. The summed E-state index contributed by atoms with van der Waals surface area (Å²) in [5, 5.41) is 2.50. The van der Waals surface area contributed by atoms with Gasteiger partial charge in [0.05, 0.1) is 0 Å². The van der Waals surface area contributed by atoms with Gasteiger partial charge >= 0.3 is 6.09 Å². The first-order valence-corrected chi connectivity index (χ1v) is 12.6. The summed E-state index contributed by atoms with van der Waals surface area (Å²) in [7, 11) is 3.84. The molecule has 0 radical (unpaired) electrons. The minimum Gasteiger partial charge on any atom is -0.444 e. The first-order valence-electron chi connectivity index (χ1n) is 12.6. The highest BCUT2D eigenvalue weighted by atomic mass is 16.6. The first kappa shape index (κ1) is 27.4. The Balaban J connectivity index is 1.55. The second kappa shape index (κ2) is 12.2. The Labute approximate surface area is 214 Å². The molecule has 0 aromatic heterocycles. The molecule has 0 spiro atoms. The molecule has 1 fully saturated rings. The van der Waals surface area contributed by atoms with Crippen molar-refractivity contribution in [2.75, 3.05) is 33.7 Å². The molecular weight excluding hydrogens is 454 g/mol. The number of carbonyl (C=O) groups is 3. The third-order valence-electron chi connectivity index (χ3n) is 6.41. The molecule has 3 rings (SSSR count). The maximum absolute atomic E-state index is 12.8. The van der Waals surface area contributed by atoms with Gasteiger partial charge in [-0.1, -0.05) is 42.5 Å². The van der Waals surface area contributed by atoms with E-state index in [1.54, 1.807) is 32.7 Å². The number of likely N-dealkylation sites (tertiary alicyclic amines) is 1. The van der Waals surface area contributed by atoms with Gasteiger partial charge in [-0.25, -0.2) is 4.79 Å². The number of piperidine rings is 1. The molecule has 0 unspecified atom stereocenters. The molecule has 2 amide bonds. The van der Waals surface area contributed by atoms with Gasteiger partial charge in [0.15, 0.2) is 5.78 Å². The molecule has 1 N–H and O–H groups in total. The van der Waals surface area contributed by atoms with Gasteiger partial charge in [0.1, 0.15) is 12.1 Å². The Bertz CT molecular complexity index is 1050. The monoisotopic (exact) mass is 493 g/mol. The summed E-state index contributed by atoms with van der Waals surface area (Å²) in [4.78, 5) is 40.9. The van der Waals surface area contributed by atoms with Crippen molar-refractivity contribution in [1.29, 1.82) is 0 Å². The summed E-state index contributed by atoms with van der Waals surface area (Å²) < 4.78 is 5.17. The predicted octanol–water partition coefficient (Wildman–Crippen LogP) is 4.75. The van der Waals surface area contributed by atoms with Gasteiger partial charge in [-0.2, -0.15) is 0 Å². The first-order chi connectivity index (χ1) is 17.0. The van der Waals surface area contributed by atoms with Gasteiger partial charge in [0, 0.05) is 25.6 Å². The van der Waals surface area contributed by atoms with Crippen molar-refractivity contribution in [3.05, 3.63) is 59.7 Å². The molecule has 0 atom stereocenters. The van der Waals surface area contributed by atoms with Gasteiger partial charge in [-0.3, -0.25) is 9.59 Å². The van der Waals surface area contributed by atoms with Crippen molar-refractivity contribution in [1.82, 2.24) is 15.1 Å². The number of ether oxygens (including phenoxy) is 1. The highest BCUT2D eigenvalue weighted by Crippen LogP contribution is 2.25. The molecule has 1 aliphatic rings. The van der Waals surface area contributed by atoms with Crippen molar-refractivity contribution in [2.45, 2.75) is 52.2 Å². The van der Waals surface area contributed by atoms with Crippen LogP contribution in [0.25, 0.3) is 11.1 Å². The Kier molecular flexibility index (Phi) is 9.26. The average Bonchev–Trinajstić information content (AvgIpc) is 2.83. The normalized spacial score (nSPS) is 14.8. The highest BCUT2D eigenvalue weighted by molar-refractivity contribution is 5.96. The molecule has 7 heteroatoms. The average molecular weight is 494 g/mol. The molecule has 36 heavy (non-hydrogen) atoms. The molecule has 2 aromatic rings. The fourth-order valence-corrected chi connectivity index (χ4v) is 4.30. The van der Waals surface area contributed by atoms with Crippen LogP contribution in [0.3, 0.4) is 0 Å². The summed E-state index contributed by atoms with van der Waals surface area (Å²) in [6.07, 6.45) is 2.17. The molecule has 2 aromatic carbocycles. The van der Waals surface area contributed by atoms with E-state index in [-0.39, 0.29) is 18.2 Å². The minimum atomic E-state index is -0.613. The Hall–Kier alpha value is -3.19. The largest absolute Gasteiger partial charge is 0.444 e. The fraction of sp³-hybridized carbons (Fsp3) is 0.483. The number of carbonyl (C=O) groups excluding carboxylic acids is 3. The Morgan fingerprint density at radius 2 is 1.69 bits per heavy atom. The summed E-state index contributed by atoms with van der Waals surface area (Å²) >= 11 is 0. The van der Waals surface area contributed by atoms with Crippen LogP contribution in [0, 0.1) is 5.92 Å². The fourth-order valence-electron chi connectivity index (χ4n) is 4.30. The van der Waals surface area contributed by atoms with Crippen LogP contribution >= 0.6 is 0 Å². The summed E-state index contributed by atoms with van der Waals surface area (Å²) in [6, 6.07) is 15.8. The van der Waals surface area contributed by atoms with E-state index in [9.17, 15) is 14.4 Å². The predicted molar refractivity (Wildman–Crippen MR) is 142 cm³/mol. The van der Waals surface area contributed by atoms with Crippen molar-refractivity contribution in [2.24, 2.45) is 5.92 Å². The van der Waals surface area contributed by atoms with E-state index < -0.39 is 11.7 Å². The van der Waals surface area contributed by atoms with Crippen molar-refractivity contribution < 1.29 is 19.1 Å². The molecule has 0 aliphatic carbocycles. The van der Waals surface area contributed by atoms with Gasteiger partial charge < -0.3 is 19.9 Å².